The molecule has 1 heterocycles. The van der Waals surface area contributed by atoms with Crippen LogP contribution in [0.4, 0.5) is 5.69 Å². The summed E-state index contributed by atoms with van der Waals surface area (Å²) in [6.07, 6.45) is 1.44. The van der Waals surface area contributed by atoms with Crippen LogP contribution in [0.25, 0.3) is 11.1 Å². The number of benzene rings is 1. The van der Waals surface area contributed by atoms with Gasteiger partial charge in [0.05, 0.1) is 10.5 Å². The van der Waals surface area contributed by atoms with E-state index in [0.29, 0.717) is 11.1 Å². The molecule has 0 amide bonds. The average Bonchev–Trinajstić information content (AvgIpc) is 2.78. The van der Waals surface area contributed by atoms with E-state index >= 15 is 0 Å². The molecule has 6 nitrogen and oxygen atoms in total. The zero-order valence-corrected chi connectivity index (χ0v) is 8.58. The lowest BCUT2D eigenvalue weighted by Crippen LogP contribution is -1.94. The van der Waals surface area contributed by atoms with E-state index in [4.69, 9.17) is 5.11 Å². The molecule has 0 atom stereocenters. The van der Waals surface area contributed by atoms with Gasteiger partial charge in [0.1, 0.15) is 5.69 Å². The topological polar surface area (TPSA) is 96.2 Å². The summed E-state index contributed by atoms with van der Waals surface area (Å²) in [6.45, 7) is 0. The standard InChI is InChI=1S/C11H8N2O4/c14-11(15)9-5-7(6-12-9)8-3-1-2-4-10(8)13(16)17/h1-6,12H,(H,14,15). The van der Waals surface area contributed by atoms with E-state index < -0.39 is 10.9 Å². The van der Waals surface area contributed by atoms with Crippen molar-refractivity contribution >= 4 is 11.7 Å². The number of hydrogen-bond donors (Lipinski definition) is 2. The molecule has 0 aliphatic rings. The van der Waals surface area contributed by atoms with Crippen LogP contribution in [0.1, 0.15) is 10.5 Å². The smallest absolute Gasteiger partial charge is 0.352 e. The number of carbonyl (C=O) groups is 1. The molecule has 2 N–H and O–H groups in total. The van der Waals surface area contributed by atoms with Crippen LogP contribution in [0.5, 0.6) is 0 Å². The molecule has 0 saturated carbocycles. The summed E-state index contributed by atoms with van der Waals surface area (Å²) in [6, 6.07) is 7.54. The van der Waals surface area contributed by atoms with Gasteiger partial charge in [-0.25, -0.2) is 4.79 Å². The van der Waals surface area contributed by atoms with E-state index in [1.165, 1.54) is 18.3 Å². The van der Waals surface area contributed by atoms with Crippen molar-refractivity contribution in [1.82, 2.24) is 4.98 Å². The quantitative estimate of drug-likeness (QED) is 0.626. The Morgan fingerprint density at radius 1 is 1.35 bits per heavy atom. The van der Waals surface area contributed by atoms with Gasteiger partial charge in [0.2, 0.25) is 0 Å². The Balaban J connectivity index is 2.52. The zero-order valence-electron chi connectivity index (χ0n) is 8.58. The van der Waals surface area contributed by atoms with Crippen molar-refractivity contribution in [2.45, 2.75) is 0 Å². The van der Waals surface area contributed by atoms with Crippen LogP contribution in [0.15, 0.2) is 36.5 Å². The fourth-order valence-corrected chi connectivity index (χ4v) is 1.55. The Morgan fingerprint density at radius 2 is 2.06 bits per heavy atom. The van der Waals surface area contributed by atoms with Crippen LogP contribution in [-0.2, 0) is 0 Å². The Morgan fingerprint density at radius 3 is 2.65 bits per heavy atom. The molecule has 17 heavy (non-hydrogen) atoms. The van der Waals surface area contributed by atoms with Gasteiger partial charge < -0.3 is 10.1 Å². The summed E-state index contributed by atoms with van der Waals surface area (Å²) < 4.78 is 0. The van der Waals surface area contributed by atoms with Crippen molar-refractivity contribution in [3.63, 3.8) is 0 Å². The number of aromatic carboxylic acids is 1. The van der Waals surface area contributed by atoms with Crippen molar-refractivity contribution < 1.29 is 14.8 Å². The number of carboxylic acid groups (broad SMARTS) is 1. The predicted octanol–water partition coefficient (Wildman–Crippen LogP) is 2.29. The molecular formula is C11H8N2O4. The van der Waals surface area contributed by atoms with Crippen LogP contribution in [0.2, 0.25) is 0 Å². The van der Waals surface area contributed by atoms with Gasteiger partial charge in [-0.15, -0.1) is 0 Å². The van der Waals surface area contributed by atoms with Gasteiger partial charge in [0, 0.05) is 17.8 Å². The van der Waals surface area contributed by atoms with Crippen LogP contribution in [0, 0.1) is 10.1 Å². The first-order valence-corrected chi connectivity index (χ1v) is 4.75. The van der Waals surface area contributed by atoms with Crippen molar-refractivity contribution in [3.05, 3.63) is 52.3 Å². The molecule has 0 fully saturated rings. The van der Waals surface area contributed by atoms with Crippen molar-refractivity contribution in [1.29, 1.82) is 0 Å². The van der Waals surface area contributed by atoms with Gasteiger partial charge in [0.25, 0.3) is 5.69 Å². The molecule has 2 rings (SSSR count). The fourth-order valence-electron chi connectivity index (χ4n) is 1.55. The maximum atomic E-state index is 10.8. The lowest BCUT2D eigenvalue weighted by atomic mass is 10.1. The minimum absolute atomic E-state index is 0.00171. The number of nitro groups is 1. The minimum Gasteiger partial charge on any atom is -0.477 e. The van der Waals surface area contributed by atoms with Crippen LogP contribution in [0.3, 0.4) is 0 Å². The number of H-pyrrole nitrogens is 1. The van der Waals surface area contributed by atoms with E-state index in [1.807, 2.05) is 0 Å². The van der Waals surface area contributed by atoms with Gasteiger partial charge in [0.15, 0.2) is 0 Å². The summed E-state index contributed by atoms with van der Waals surface area (Å²) in [7, 11) is 0. The van der Waals surface area contributed by atoms with Gasteiger partial charge in [-0.1, -0.05) is 12.1 Å². The second-order valence-electron chi connectivity index (χ2n) is 3.38. The van der Waals surface area contributed by atoms with Gasteiger partial charge in [-0.05, 0) is 12.1 Å². The van der Waals surface area contributed by atoms with E-state index in [0.717, 1.165) is 0 Å². The lowest BCUT2D eigenvalue weighted by Gasteiger charge is -1.98. The molecule has 0 bridgehead atoms. The first kappa shape index (κ1) is 10.9. The van der Waals surface area contributed by atoms with E-state index in [9.17, 15) is 14.9 Å². The summed E-state index contributed by atoms with van der Waals surface area (Å²) in [5.41, 5.74) is 0.817. The first-order valence-electron chi connectivity index (χ1n) is 4.75. The lowest BCUT2D eigenvalue weighted by molar-refractivity contribution is -0.384. The molecule has 0 saturated heterocycles. The van der Waals surface area contributed by atoms with Crippen molar-refractivity contribution in [3.8, 4) is 11.1 Å². The number of aromatic amines is 1. The van der Waals surface area contributed by atoms with Crippen LogP contribution < -0.4 is 0 Å². The Kier molecular flexibility index (Phi) is 2.61. The number of carboxylic acids is 1. The molecule has 86 valence electrons. The van der Waals surface area contributed by atoms with Crippen LogP contribution in [-0.4, -0.2) is 21.0 Å². The zero-order chi connectivity index (χ0) is 12.4. The number of hydrogen-bond acceptors (Lipinski definition) is 3. The summed E-state index contributed by atoms with van der Waals surface area (Å²) in [5.74, 6) is -1.10. The highest BCUT2D eigenvalue weighted by Crippen LogP contribution is 2.29. The highest BCUT2D eigenvalue weighted by molar-refractivity contribution is 5.88. The monoisotopic (exact) mass is 232 g/mol. The second kappa shape index (κ2) is 4.09. The molecule has 0 spiro atoms. The summed E-state index contributed by atoms with van der Waals surface area (Å²) in [4.78, 5) is 23.6. The third kappa shape index (κ3) is 2.00. The van der Waals surface area contributed by atoms with Gasteiger partial charge >= 0.3 is 5.97 Å². The maximum Gasteiger partial charge on any atom is 0.352 e. The largest absolute Gasteiger partial charge is 0.477 e. The molecule has 2 aromatic rings. The number of nitrogens with one attached hydrogen (secondary N) is 1. The number of nitro benzene ring substituents is 1. The molecule has 0 unspecified atom stereocenters. The Hall–Kier alpha value is -2.63. The Bertz CT molecular complexity index is 589. The predicted molar refractivity (Wildman–Crippen MR) is 59.8 cm³/mol. The number of para-hydroxylation sites is 1. The summed E-state index contributed by atoms with van der Waals surface area (Å²) >= 11 is 0. The number of rotatable bonds is 3. The molecule has 0 aliphatic heterocycles. The van der Waals surface area contributed by atoms with Gasteiger partial charge in [-0.2, -0.15) is 0 Å². The van der Waals surface area contributed by atoms with Crippen molar-refractivity contribution in [2.24, 2.45) is 0 Å². The third-order valence-electron chi connectivity index (χ3n) is 2.33. The maximum absolute atomic E-state index is 10.8. The molecule has 1 aromatic carbocycles. The third-order valence-corrected chi connectivity index (χ3v) is 2.33. The van der Waals surface area contributed by atoms with Crippen LogP contribution >= 0.6 is 0 Å². The first-order chi connectivity index (χ1) is 8.09. The fraction of sp³-hybridized carbons (Fsp3) is 0. The molecular weight excluding hydrogens is 224 g/mol. The summed E-state index contributed by atoms with van der Waals surface area (Å²) in [5, 5.41) is 19.6. The minimum atomic E-state index is -1.10. The highest BCUT2D eigenvalue weighted by atomic mass is 16.6. The van der Waals surface area contributed by atoms with E-state index in [2.05, 4.69) is 4.98 Å². The highest BCUT2D eigenvalue weighted by Gasteiger charge is 2.16. The molecule has 6 heteroatoms. The van der Waals surface area contributed by atoms with Gasteiger partial charge in [-0.3, -0.25) is 10.1 Å². The van der Waals surface area contributed by atoms with Crippen molar-refractivity contribution in [2.75, 3.05) is 0 Å². The Labute approximate surface area is 95.7 Å². The normalized spacial score (nSPS) is 10.1. The number of nitrogens with zero attached hydrogens (tertiary/aromatic N) is 1. The SMILES string of the molecule is O=C(O)c1cc(-c2ccccc2[N+](=O)[O-])c[nH]1. The number of aromatic nitrogens is 1. The molecule has 0 radical (unpaired) electrons. The second-order valence-corrected chi connectivity index (χ2v) is 3.38. The molecule has 1 aromatic heterocycles. The molecule has 0 aliphatic carbocycles. The van der Waals surface area contributed by atoms with E-state index in [1.54, 1.807) is 18.2 Å². The average molecular weight is 232 g/mol. The van der Waals surface area contributed by atoms with E-state index in [-0.39, 0.29) is 11.4 Å².